The molecule has 0 heterocycles. The van der Waals surface area contributed by atoms with Crippen LogP contribution < -0.4 is 0 Å². The Morgan fingerprint density at radius 3 is 2.47 bits per heavy atom. The van der Waals surface area contributed by atoms with Gasteiger partial charge in [0.25, 0.3) is 0 Å². The van der Waals surface area contributed by atoms with Crippen LogP contribution in [0.1, 0.15) is 51.9 Å². The van der Waals surface area contributed by atoms with Gasteiger partial charge in [-0.15, -0.1) is 0 Å². The molecule has 0 aromatic heterocycles. The maximum Gasteiger partial charge on any atom is 0.0939 e. The monoisotopic (exact) mass is 212 g/mol. The molecular weight excluding hydrogens is 188 g/mol. The zero-order valence-corrected chi connectivity index (χ0v) is 10.0. The van der Waals surface area contributed by atoms with Crippen molar-refractivity contribution in [3.8, 4) is 0 Å². The summed E-state index contributed by atoms with van der Waals surface area (Å²) in [5.41, 5.74) is -0.179. The van der Waals surface area contributed by atoms with Crippen LogP contribution in [0.2, 0.25) is 0 Å². The molecule has 0 radical (unpaired) electrons. The van der Waals surface area contributed by atoms with Crippen LogP contribution in [0.5, 0.6) is 0 Å². The standard InChI is InChI=1S/C13H24O2/c1-10-5-3-6-11(9-10)12(14)13(15-2)7-4-8-13/h10-12,14H,3-9H2,1-2H3. The lowest BCUT2D eigenvalue weighted by Crippen LogP contribution is -2.53. The Kier molecular flexibility index (Phi) is 3.36. The first-order chi connectivity index (χ1) is 7.18. The lowest BCUT2D eigenvalue weighted by Gasteiger charge is -2.48. The summed E-state index contributed by atoms with van der Waals surface area (Å²) in [6, 6.07) is 0. The SMILES string of the molecule is COC1(C(O)C2CCCC(C)C2)CCC1. The summed E-state index contributed by atoms with van der Waals surface area (Å²) < 4.78 is 5.57. The quantitative estimate of drug-likeness (QED) is 0.779. The molecule has 2 nitrogen and oxygen atoms in total. The Balaban J connectivity index is 1.96. The molecule has 1 N–H and O–H groups in total. The summed E-state index contributed by atoms with van der Waals surface area (Å²) in [5, 5.41) is 10.4. The van der Waals surface area contributed by atoms with Gasteiger partial charge in [0, 0.05) is 7.11 Å². The van der Waals surface area contributed by atoms with Gasteiger partial charge in [-0.1, -0.05) is 19.8 Å². The van der Waals surface area contributed by atoms with E-state index in [1.807, 2.05) is 0 Å². The number of ether oxygens (including phenoxy) is 1. The van der Waals surface area contributed by atoms with E-state index in [0.717, 1.165) is 18.8 Å². The van der Waals surface area contributed by atoms with Crippen molar-refractivity contribution in [2.24, 2.45) is 11.8 Å². The van der Waals surface area contributed by atoms with Crippen LogP contribution >= 0.6 is 0 Å². The van der Waals surface area contributed by atoms with Crippen LogP contribution in [-0.2, 0) is 4.74 Å². The van der Waals surface area contributed by atoms with Gasteiger partial charge in [0.2, 0.25) is 0 Å². The molecule has 88 valence electrons. The first-order valence-corrected chi connectivity index (χ1v) is 6.41. The summed E-state index contributed by atoms with van der Waals surface area (Å²) in [7, 11) is 1.76. The molecule has 0 saturated heterocycles. The van der Waals surface area contributed by atoms with Gasteiger partial charge < -0.3 is 9.84 Å². The fraction of sp³-hybridized carbons (Fsp3) is 1.00. The molecule has 0 amide bonds. The van der Waals surface area contributed by atoms with E-state index in [9.17, 15) is 5.11 Å². The van der Waals surface area contributed by atoms with Gasteiger partial charge in [-0.25, -0.2) is 0 Å². The van der Waals surface area contributed by atoms with Gasteiger partial charge >= 0.3 is 0 Å². The van der Waals surface area contributed by atoms with Crippen molar-refractivity contribution in [1.82, 2.24) is 0 Å². The number of aliphatic hydroxyl groups is 1. The van der Waals surface area contributed by atoms with E-state index in [1.54, 1.807) is 7.11 Å². The summed E-state index contributed by atoms with van der Waals surface area (Å²) in [6.07, 6.45) is 8.09. The first-order valence-electron chi connectivity index (χ1n) is 6.41. The summed E-state index contributed by atoms with van der Waals surface area (Å²) in [6.45, 7) is 2.30. The van der Waals surface area contributed by atoms with Crippen LogP contribution in [0.25, 0.3) is 0 Å². The van der Waals surface area contributed by atoms with Gasteiger partial charge in [0.15, 0.2) is 0 Å². The van der Waals surface area contributed by atoms with Gasteiger partial charge in [-0.2, -0.15) is 0 Å². The molecule has 2 aliphatic rings. The number of aliphatic hydroxyl groups excluding tert-OH is 1. The third-order valence-corrected chi connectivity index (χ3v) is 4.57. The van der Waals surface area contributed by atoms with Crippen molar-refractivity contribution in [3.05, 3.63) is 0 Å². The number of methoxy groups -OCH3 is 1. The molecule has 0 spiro atoms. The smallest absolute Gasteiger partial charge is 0.0939 e. The Bertz CT molecular complexity index is 205. The molecule has 0 aliphatic heterocycles. The highest BCUT2D eigenvalue weighted by molar-refractivity contribution is 4.99. The highest BCUT2D eigenvalue weighted by Crippen LogP contribution is 2.44. The largest absolute Gasteiger partial charge is 0.390 e. The highest BCUT2D eigenvalue weighted by atomic mass is 16.5. The normalized spacial score (nSPS) is 37.0. The van der Waals surface area contributed by atoms with Crippen LogP contribution in [-0.4, -0.2) is 23.9 Å². The minimum Gasteiger partial charge on any atom is -0.390 e. The Labute approximate surface area is 93.0 Å². The lowest BCUT2D eigenvalue weighted by molar-refractivity contribution is -0.171. The fourth-order valence-electron chi connectivity index (χ4n) is 3.34. The highest BCUT2D eigenvalue weighted by Gasteiger charge is 2.47. The molecule has 0 aromatic carbocycles. The molecule has 3 atom stereocenters. The van der Waals surface area contributed by atoms with E-state index >= 15 is 0 Å². The van der Waals surface area contributed by atoms with E-state index < -0.39 is 0 Å². The van der Waals surface area contributed by atoms with E-state index in [-0.39, 0.29) is 11.7 Å². The van der Waals surface area contributed by atoms with E-state index in [2.05, 4.69) is 6.92 Å². The van der Waals surface area contributed by atoms with Gasteiger partial charge in [-0.3, -0.25) is 0 Å². The second-order valence-corrected chi connectivity index (χ2v) is 5.60. The van der Waals surface area contributed by atoms with E-state index in [0.29, 0.717) is 5.92 Å². The average molecular weight is 212 g/mol. The third kappa shape index (κ3) is 2.07. The summed E-state index contributed by atoms with van der Waals surface area (Å²) in [5.74, 6) is 1.27. The van der Waals surface area contributed by atoms with Gasteiger partial charge in [-0.05, 0) is 43.9 Å². The number of hydrogen-bond acceptors (Lipinski definition) is 2. The fourth-order valence-corrected chi connectivity index (χ4v) is 3.34. The van der Waals surface area contributed by atoms with Crippen LogP contribution in [0.4, 0.5) is 0 Å². The second kappa shape index (κ2) is 4.42. The van der Waals surface area contributed by atoms with E-state index in [4.69, 9.17) is 4.74 Å². The maximum absolute atomic E-state index is 10.4. The predicted octanol–water partition coefficient (Wildman–Crippen LogP) is 2.74. The molecule has 2 saturated carbocycles. The summed E-state index contributed by atoms with van der Waals surface area (Å²) >= 11 is 0. The molecule has 2 rings (SSSR count). The van der Waals surface area contributed by atoms with Crippen molar-refractivity contribution in [2.75, 3.05) is 7.11 Å². The van der Waals surface area contributed by atoms with Crippen molar-refractivity contribution in [1.29, 1.82) is 0 Å². The molecule has 15 heavy (non-hydrogen) atoms. The second-order valence-electron chi connectivity index (χ2n) is 5.60. The van der Waals surface area contributed by atoms with Crippen molar-refractivity contribution in [3.63, 3.8) is 0 Å². The van der Waals surface area contributed by atoms with E-state index in [1.165, 1.54) is 32.1 Å². The minimum atomic E-state index is -0.223. The van der Waals surface area contributed by atoms with Gasteiger partial charge in [0.1, 0.15) is 0 Å². The zero-order valence-electron chi connectivity index (χ0n) is 10.0. The molecule has 0 bridgehead atoms. The molecule has 3 unspecified atom stereocenters. The van der Waals surface area contributed by atoms with Gasteiger partial charge in [0.05, 0.1) is 11.7 Å². The van der Waals surface area contributed by atoms with Crippen molar-refractivity contribution >= 4 is 0 Å². The van der Waals surface area contributed by atoms with Crippen LogP contribution in [0.15, 0.2) is 0 Å². The Morgan fingerprint density at radius 2 is 2.00 bits per heavy atom. The molecule has 2 fully saturated rings. The Hall–Kier alpha value is -0.0800. The molecular formula is C13H24O2. The predicted molar refractivity (Wildman–Crippen MR) is 60.7 cm³/mol. The maximum atomic E-state index is 10.4. The molecule has 0 aromatic rings. The topological polar surface area (TPSA) is 29.5 Å². The molecule has 2 heteroatoms. The molecule has 2 aliphatic carbocycles. The average Bonchev–Trinajstić information content (AvgIpc) is 2.17. The number of hydrogen-bond donors (Lipinski definition) is 1. The van der Waals surface area contributed by atoms with Crippen molar-refractivity contribution < 1.29 is 9.84 Å². The zero-order chi connectivity index (χ0) is 10.9. The van der Waals surface area contributed by atoms with Crippen LogP contribution in [0, 0.1) is 11.8 Å². The minimum absolute atomic E-state index is 0.179. The third-order valence-electron chi connectivity index (χ3n) is 4.57. The number of rotatable bonds is 3. The summed E-state index contributed by atoms with van der Waals surface area (Å²) in [4.78, 5) is 0. The first kappa shape index (κ1) is 11.4. The Morgan fingerprint density at radius 1 is 1.27 bits per heavy atom. The van der Waals surface area contributed by atoms with Crippen molar-refractivity contribution in [2.45, 2.75) is 63.6 Å². The lowest BCUT2D eigenvalue weighted by atomic mass is 9.67. The van der Waals surface area contributed by atoms with Crippen LogP contribution in [0.3, 0.4) is 0 Å².